The third-order valence-electron chi connectivity index (χ3n) is 11.6. The molecule has 332 valence electrons. The van der Waals surface area contributed by atoms with Crippen LogP contribution in [-0.4, -0.2) is 87.5 Å². The van der Waals surface area contributed by atoms with Gasteiger partial charge < -0.3 is 40.3 Å². The Kier molecular flexibility index (Phi) is 36.1. The van der Waals surface area contributed by atoms with Gasteiger partial charge in [0.25, 0.3) is 0 Å². The molecule has 9 heteroatoms. The number of aliphatic hydroxyl groups excluding tert-OH is 5. The minimum atomic E-state index is -1.56. The number of hydrogen-bond donors (Lipinski definition) is 6. The largest absolute Gasteiger partial charge is 0.394 e. The average molecular weight is 798 g/mol. The third-order valence-corrected chi connectivity index (χ3v) is 11.6. The maximum atomic E-state index is 13.0. The molecule has 1 aliphatic rings. The van der Waals surface area contributed by atoms with Crippen LogP contribution in [0.3, 0.4) is 0 Å². The number of ether oxygens (including phenoxy) is 2. The van der Waals surface area contributed by atoms with Crippen molar-refractivity contribution in [2.24, 2.45) is 0 Å². The van der Waals surface area contributed by atoms with Gasteiger partial charge in [0.1, 0.15) is 24.4 Å². The fraction of sp³-hybridized carbons (Fsp3) is 0.936. The average Bonchev–Trinajstić information content (AvgIpc) is 3.20. The van der Waals surface area contributed by atoms with Crippen molar-refractivity contribution in [1.29, 1.82) is 0 Å². The molecular formula is C47H91NO8. The zero-order valence-corrected chi connectivity index (χ0v) is 36.4. The first-order chi connectivity index (χ1) is 27.3. The molecule has 1 saturated heterocycles. The standard InChI is InChI=1S/C47H91NO8/c1-3-5-7-9-11-13-15-17-18-19-20-21-22-23-24-25-27-29-31-33-35-37-43(51)48-40(39-55-47-46(54)45(53)44(52)42(38-49)56-47)41(50)36-34-32-30-28-26-16-14-12-10-8-6-4-2/h34,36,40-42,44-47,49-50,52-54H,3-33,35,37-39H2,1-2H3,(H,48,51)/b36-34+. The Morgan fingerprint density at radius 1 is 0.589 bits per heavy atom. The molecule has 0 aromatic rings. The number of rotatable bonds is 40. The van der Waals surface area contributed by atoms with E-state index < -0.39 is 49.5 Å². The van der Waals surface area contributed by atoms with Crippen molar-refractivity contribution in [2.45, 2.75) is 269 Å². The number of carbonyl (C=O) groups excluding carboxylic acids is 1. The molecule has 1 fully saturated rings. The molecule has 0 radical (unpaired) electrons. The second-order valence-corrected chi connectivity index (χ2v) is 16.9. The molecule has 7 atom stereocenters. The van der Waals surface area contributed by atoms with Gasteiger partial charge in [0.15, 0.2) is 6.29 Å². The van der Waals surface area contributed by atoms with E-state index in [9.17, 15) is 30.3 Å². The molecule has 6 N–H and O–H groups in total. The maximum absolute atomic E-state index is 13.0. The molecule has 0 bridgehead atoms. The normalized spacial score (nSPS) is 21.2. The van der Waals surface area contributed by atoms with Crippen LogP contribution in [-0.2, 0) is 14.3 Å². The molecule has 0 aromatic carbocycles. The van der Waals surface area contributed by atoms with Gasteiger partial charge in [-0.3, -0.25) is 4.79 Å². The van der Waals surface area contributed by atoms with E-state index in [1.165, 1.54) is 167 Å². The first-order valence-corrected chi connectivity index (χ1v) is 23.9. The van der Waals surface area contributed by atoms with Crippen LogP contribution >= 0.6 is 0 Å². The molecule has 0 aliphatic carbocycles. The van der Waals surface area contributed by atoms with Crippen molar-refractivity contribution >= 4 is 5.91 Å². The van der Waals surface area contributed by atoms with Gasteiger partial charge >= 0.3 is 0 Å². The van der Waals surface area contributed by atoms with Gasteiger partial charge in [-0.15, -0.1) is 0 Å². The minimum absolute atomic E-state index is 0.174. The van der Waals surface area contributed by atoms with Crippen LogP contribution in [0.4, 0.5) is 0 Å². The Bertz CT molecular complexity index is 888. The number of hydrogen-bond acceptors (Lipinski definition) is 8. The summed E-state index contributed by atoms with van der Waals surface area (Å²) in [7, 11) is 0. The van der Waals surface area contributed by atoms with Crippen LogP contribution in [0, 0.1) is 0 Å². The number of nitrogens with one attached hydrogen (secondary N) is 1. The summed E-state index contributed by atoms with van der Waals surface area (Å²) in [4.78, 5) is 13.0. The van der Waals surface area contributed by atoms with Crippen LogP contribution in [0.25, 0.3) is 0 Å². The summed E-state index contributed by atoms with van der Waals surface area (Å²) in [6, 6.07) is -0.797. The first-order valence-electron chi connectivity index (χ1n) is 23.9. The zero-order valence-electron chi connectivity index (χ0n) is 36.4. The number of carbonyl (C=O) groups is 1. The molecule has 1 aliphatic heterocycles. The molecule has 1 rings (SSSR count). The Balaban J connectivity index is 2.27. The zero-order chi connectivity index (χ0) is 40.9. The molecule has 7 unspecified atom stereocenters. The molecule has 0 aromatic heterocycles. The summed E-state index contributed by atoms with van der Waals surface area (Å²) in [5.41, 5.74) is 0. The number of amides is 1. The molecule has 0 spiro atoms. The second kappa shape index (κ2) is 38.2. The fourth-order valence-corrected chi connectivity index (χ4v) is 7.75. The lowest BCUT2D eigenvalue weighted by Crippen LogP contribution is -2.60. The van der Waals surface area contributed by atoms with Gasteiger partial charge in [0.05, 0.1) is 25.4 Å². The maximum Gasteiger partial charge on any atom is 0.220 e. The third kappa shape index (κ3) is 28.4. The summed E-state index contributed by atoms with van der Waals surface area (Å²) in [6.45, 7) is 3.78. The summed E-state index contributed by atoms with van der Waals surface area (Å²) >= 11 is 0. The van der Waals surface area contributed by atoms with E-state index in [0.717, 1.165) is 38.5 Å². The molecule has 1 amide bonds. The highest BCUT2D eigenvalue weighted by molar-refractivity contribution is 5.76. The van der Waals surface area contributed by atoms with E-state index in [0.29, 0.717) is 6.42 Å². The van der Waals surface area contributed by atoms with Gasteiger partial charge in [0.2, 0.25) is 5.91 Å². The van der Waals surface area contributed by atoms with E-state index in [1.54, 1.807) is 6.08 Å². The highest BCUT2D eigenvalue weighted by Gasteiger charge is 2.44. The van der Waals surface area contributed by atoms with Crippen LogP contribution in [0.15, 0.2) is 12.2 Å². The molecule has 56 heavy (non-hydrogen) atoms. The van der Waals surface area contributed by atoms with Crippen molar-refractivity contribution in [1.82, 2.24) is 5.32 Å². The Labute approximate surface area is 344 Å². The van der Waals surface area contributed by atoms with Crippen molar-refractivity contribution in [3.63, 3.8) is 0 Å². The quantitative estimate of drug-likeness (QED) is 0.0265. The summed E-state index contributed by atoms with van der Waals surface area (Å²) in [5.74, 6) is -0.174. The lowest BCUT2D eigenvalue weighted by atomic mass is 9.99. The van der Waals surface area contributed by atoms with E-state index in [2.05, 4.69) is 19.2 Å². The van der Waals surface area contributed by atoms with Crippen molar-refractivity contribution in [2.75, 3.05) is 13.2 Å². The van der Waals surface area contributed by atoms with E-state index >= 15 is 0 Å². The van der Waals surface area contributed by atoms with Crippen molar-refractivity contribution < 1.29 is 39.8 Å². The van der Waals surface area contributed by atoms with E-state index in [4.69, 9.17) is 9.47 Å². The molecule has 0 saturated carbocycles. The predicted octanol–water partition coefficient (Wildman–Crippen LogP) is 10.1. The smallest absolute Gasteiger partial charge is 0.220 e. The summed E-state index contributed by atoms with van der Waals surface area (Å²) in [6.07, 6.45) is 36.9. The Morgan fingerprint density at radius 3 is 1.39 bits per heavy atom. The molecule has 9 nitrogen and oxygen atoms in total. The van der Waals surface area contributed by atoms with Gasteiger partial charge in [-0.1, -0.05) is 212 Å². The predicted molar refractivity (Wildman–Crippen MR) is 231 cm³/mol. The number of aliphatic hydroxyl groups is 5. The van der Waals surface area contributed by atoms with Crippen LogP contribution in [0.1, 0.15) is 226 Å². The van der Waals surface area contributed by atoms with Gasteiger partial charge in [0, 0.05) is 6.42 Å². The van der Waals surface area contributed by atoms with Crippen molar-refractivity contribution in [3.8, 4) is 0 Å². The second-order valence-electron chi connectivity index (χ2n) is 16.9. The minimum Gasteiger partial charge on any atom is -0.394 e. The van der Waals surface area contributed by atoms with Crippen LogP contribution in [0.5, 0.6) is 0 Å². The number of unbranched alkanes of at least 4 members (excludes halogenated alkanes) is 30. The summed E-state index contributed by atoms with van der Waals surface area (Å²) in [5, 5.41) is 54.2. The van der Waals surface area contributed by atoms with Crippen LogP contribution in [0.2, 0.25) is 0 Å². The topological polar surface area (TPSA) is 149 Å². The highest BCUT2D eigenvalue weighted by Crippen LogP contribution is 2.23. The van der Waals surface area contributed by atoms with Gasteiger partial charge in [-0.25, -0.2) is 0 Å². The first kappa shape index (κ1) is 52.9. The van der Waals surface area contributed by atoms with Crippen molar-refractivity contribution in [3.05, 3.63) is 12.2 Å². The van der Waals surface area contributed by atoms with Gasteiger partial charge in [-0.05, 0) is 19.3 Å². The van der Waals surface area contributed by atoms with E-state index in [-0.39, 0.29) is 12.5 Å². The monoisotopic (exact) mass is 798 g/mol. The lowest BCUT2D eigenvalue weighted by molar-refractivity contribution is -0.302. The Hall–Kier alpha value is -1.07. The molecule has 1 heterocycles. The van der Waals surface area contributed by atoms with Gasteiger partial charge in [-0.2, -0.15) is 0 Å². The summed E-state index contributed by atoms with van der Waals surface area (Å²) < 4.78 is 11.2. The molecular weight excluding hydrogens is 707 g/mol. The SMILES string of the molecule is CCCCCCCCCCCC/C=C/C(O)C(COC1OC(CO)C(O)C(O)C1O)NC(=O)CCCCCCCCCCCCCCCCCCCCCCC. The fourth-order valence-electron chi connectivity index (χ4n) is 7.75. The lowest BCUT2D eigenvalue weighted by Gasteiger charge is -2.40. The highest BCUT2D eigenvalue weighted by atomic mass is 16.7. The Morgan fingerprint density at radius 2 is 0.982 bits per heavy atom. The van der Waals surface area contributed by atoms with Crippen LogP contribution < -0.4 is 5.32 Å². The number of allylic oxidation sites excluding steroid dienone is 1. The van der Waals surface area contributed by atoms with E-state index in [1.807, 2.05) is 6.08 Å².